The number of anilines is 2. The topological polar surface area (TPSA) is 79.5 Å². The highest BCUT2D eigenvalue weighted by atomic mass is 19.2. The van der Waals surface area contributed by atoms with Crippen LogP contribution in [0.5, 0.6) is 0 Å². The van der Waals surface area contributed by atoms with Crippen LogP contribution in [0, 0.1) is 11.6 Å². The summed E-state index contributed by atoms with van der Waals surface area (Å²) in [5.74, 6) is -2.70. The van der Waals surface area contributed by atoms with E-state index in [0.717, 1.165) is 6.07 Å². The Kier molecular flexibility index (Phi) is 6.51. The van der Waals surface area contributed by atoms with Gasteiger partial charge in [0.25, 0.3) is 0 Å². The van der Waals surface area contributed by atoms with Gasteiger partial charge < -0.3 is 20.7 Å². The third-order valence-corrected chi connectivity index (χ3v) is 2.83. The van der Waals surface area contributed by atoms with E-state index in [0.29, 0.717) is 6.54 Å². The molecule has 24 heavy (non-hydrogen) atoms. The van der Waals surface area contributed by atoms with Crippen LogP contribution >= 0.6 is 0 Å². The molecule has 0 unspecified atom stereocenters. The predicted octanol–water partition coefficient (Wildman–Crippen LogP) is 3.25. The molecule has 2 amide bonds. The van der Waals surface area contributed by atoms with E-state index >= 15 is 0 Å². The van der Waals surface area contributed by atoms with Crippen LogP contribution in [0.25, 0.3) is 0 Å². The molecule has 0 aliphatic heterocycles. The molecule has 0 saturated carbocycles. The molecular formula is C16H23F2N3O3. The summed E-state index contributed by atoms with van der Waals surface area (Å²) in [5.41, 5.74) is -0.757. The summed E-state index contributed by atoms with van der Waals surface area (Å²) in [4.78, 5) is 23.8. The Morgan fingerprint density at radius 3 is 2.42 bits per heavy atom. The highest BCUT2D eigenvalue weighted by Crippen LogP contribution is 2.27. The lowest BCUT2D eigenvalue weighted by molar-refractivity contribution is -0.117. The van der Waals surface area contributed by atoms with Crippen LogP contribution < -0.4 is 16.0 Å². The molecule has 0 heterocycles. The second-order valence-corrected chi connectivity index (χ2v) is 6.17. The number of hydrogen-bond donors (Lipinski definition) is 3. The van der Waals surface area contributed by atoms with Crippen LogP contribution in [0.3, 0.4) is 0 Å². The molecule has 0 bridgehead atoms. The largest absolute Gasteiger partial charge is 0.444 e. The summed E-state index contributed by atoms with van der Waals surface area (Å²) in [6.07, 6.45) is -0.748. The van der Waals surface area contributed by atoms with Gasteiger partial charge in [-0.05, 0) is 46.8 Å². The Morgan fingerprint density at radius 2 is 1.88 bits per heavy atom. The first kappa shape index (κ1) is 19.7. The normalized spacial score (nSPS) is 12.3. The third-order valence-electron chi connectivity index (χ3n) is 2.83. The zero-order valence-electron chi connectivity index (χ0n) is 14.4. The molecule has 0 saturated heterocycles. The van der Waals surface area contributed by atoms with Gasteiger partial charge >= 0.3 is 6.09 Å². The molecular weight excluding hydrogens is 320 g/mol. The molecule has 0 aromatic heterocycles. The molecule has 8 heteroatoms. The van der Waals surface area contributed by atoms with Gasteiger partial charge in [-0.2, -0.15) is 0 Å². The van der Waals surface area contributed by atoms with Crippen LogP contribution in [0.15, 0.2) is 12.1 Å². The number of halogens is 2. The summed E-state index contributed by atoms with van der Waals surface area (Å²) in [7, 11) is 0. The molecule has 1 atom stereocenters. The molecule has 0 fully saturated rings. The Labute approximate surface area is 139 Å². The van der Waals surface area contributed by atoms with E-state index in [4.69, 9.17) is 4.74 Å². The maximum Gasteiger partial charge on any atom is 0.408 e. The average Bonchev–Trinajstić information content (AvgIpc) is 2.44. The van der Waals surface area contributed by atoms with E-state index in [9.17, 15) is 18.4 Å². The molecule has 6 nitrogen and oxygen atoms in total. The average molecular weight is 343 g/mol. The highest BCUT2D eigenvalue weighted by molar-refractivity contribution is 5.98. The molecule has 1 aromatic rings. The Bertz CT molecular complexity index is 615. The number of carbonyl (C=O) groups excluding carboxylic acids is 2. The van der Waals surface area contributed by atoms with E-state index < -0.39 is 35.3 Å². The maximum absolute atomic E-state index is 13.8. The monoisotopic (exact) mass is 343 g/mol. The standard InChI is InChI=1S/C16H23F2N3O3/c1-6-19-13-11(8-7-10(17)12(13)18)21-14(22)9(2)20-15(23)24-16(3,4)5/h7-9,19H,6H2,1-5H3,(H,20,23)(H,21,22)/t9-/m0/s1. The van der Waals surface area contributed by atoms with Crippen molar-refractivity contribution < 1.29 is 23.1 Å². The second-order valence-electron chi connectivity index (χ2n) is 6.17. The first-order valence-electron chi connectivity index (χ1n) is 7.57. The van der Waals surface area contributed by atoms with Crippen molar-refractivity contribution in [1.82, 2.24) is 5.32 Å². The van der Waals surface area contributed by atoms with Gasteiger partial charge in [0.2, 0.25) is 5.91 Å². The van der Waals surface area contributed by atoms with Crippen molar-refractivity contribution >= 4 is 23.4 Å². The van der Waals surface area contributed by atoms with Crippen molar-refractivity contribution in [3.63, 3.8) is 0 Å². The van der Waals surface area contributed by atoms with Crippen LogP contribution in [-0.4, -0.2) is 30.2 Å². The number of ether oxygens (including phenoxy) is 1. The lowest BCUT2D eigenvalue weighted by atomic mass is 10.2. The minimum atomic E-state index is -1.08. The van der Waals surface area contributed by atoms with Gasteiger partial charge in [-0.3, -0.25) is 4.79 Å². The molecule has 0 aliphatic carbocycles. The number of nitrogens with one attached hydrogen (secondary N) is 3. The summed E-state index contributed by atoms with van der Waals surface area (Å²) in [6.45, 7) is 8.59. The van der Waals surface area contributed by atoms with E-state index in [-0.39, 0.29) is 11.4 Å². The molecule has 3 N–H and O–H groups in total. The Balaban J connectivity index is 2.80. The minimum Gasteiger partial charge on any atom is -0.444 e. The van der Waals surface area contributed by atoms with Crippen molar-refractivity contribution in [2.75, 3.05) is 17.2 Å². The summed E-state index contributed by atoms with van der Waals surface area (Å²) in [5, 5.41) is 7.49. The summed E-state index contributed by atoms with van der Waals surface area (Å²) >= 11 is 0. The number of carbonyl (C=O) groups is 2. The van der Waals surface area contributed by atoms with Crippen LogP contribution in [0.4, 0.5) is 25.0 Å². The zero-order valence-corrected chi connectivity index (χ0v) is 14.4. The molecule has 0 spiro atoms. The number of amides is 2. The molecule has 1 rings (SSSR count). The lowest BCUT2D eigenvalue weighted by Gasteiger charge is -2.22. The van der Waals surface area contributed by atoms with E-state index in [1.165, 1.54) is 13.0 Å². The van der Waals surface area contributed by atoms with Crippen molar-refractivity contribution in [3.05, 3.63) is 23.8 Å². The van der Waals surface area contributed by atoms with Crippen molar-refractivity contribution in [1.29, 1.82) is 0 Å². The molecule has 1 aromatic carbocycles. The SMILES string of the molecule is CCNc1c(NC(=O)[C@H](C)NC(=O)OC(C)(C)C)ccc(F)c1F. The van der Waals surface area contributed by atoms with Crippen LogP contribution in [0.1, 0.15) is 34.6 Å². The van der Waals surface area contributed by atoms with Gasteiger partial charge in [0.05, 0.1) is 11.4 Å². The fraction of sp³-hybridized carbons (Fsp3) is 0.500. The third kappa shape index (κ3) is 5.68. The second kappa shape index (κ2) is 7.94. The highest BCUT2D eigenvalue weighted by Gasteiger charge is 2.22. The van der Waals surface area contributed by atoms with Gasteiger partial charge in [0.1, 0.15) is 11.6 Å². The Morgan fingerprint density at radius 1 is 1.25 bits per heavy atom. The fourth-order valence-electron chi connectivity index (χ4n) is 1.80. The zero-order chi connectivity index (χ0) is 18.5. The maximum atomic E-state index is 13.8. The number of benzene rings is 1. The molecule has 0 radical (unpaired) electrons. The number of hydrogen-bond acceptors (Lipinski definition) is 4. The summed E-state index contributed by atoms with van der Waals surface area (Å²) in [6, 6.07) is 1.23. The van der Waals surface area contributed by atoms with Gasteiger partial charge in [-0.1, -0.05) is 0 Å². The smallest absolute Gasteiger partial charge is 0.408 e. The molecule has 0 aliphatic rings. The van der Waals surface area contributed by atoms with Gasteiger partial charge in [-0.25, -0.2) is 13.6 Å². The van der Waals surface area contributed by atoms with E-state index in [1.54, 1.807) is 27.7 Å². The first-order chi connectivity index (χ1) is 11.0. The summed E-state index contributed by atoms with van der Waals surface area (Å²) < 4.78 is 32.2. The quantitative estimate of drug-likeness (QED) is 0.767. The van der Waals surface area contributed by atoms with E-state index in [2.05, 4.69) is 16.0 Å². The number of alkyl carbamates (subject to hydrolysis) is 1. The van der Waals surface area contributed by atoms with Crippen LogP contribution in [-0.2, 0) is 9.53 Å². The van der Waals surface area contributed by atoms with E-state index in [1.807, 2.05) is 0 Å². The minimum absolute atomic E-state index is 0.0820. The van der Waals surface area contributed by atoms with Crippen molar-refractivity contribution in [2.45, 2.75) is 46.3 Å². The van der Waals surface area contributed by atoms with Crippen molar-refractivity contribution in [2.24, 2.45) is 0 Å². The Hall–Kier alpha value is -2.38. The fourth-order valence-corrected chi connectivity index (χ4v) is 1.80. The van der Waals surface area contributed by atoms with Gasteiger partial charge in [0.15, 0.2) is 11.6 Å². The number of rotatable bonds is 5. The van der Waals surface area contributed by atoms with Gasteiger partial charge in [0, 0.05) is 6.54 Å². The van der Waals surface area contributed by atoms with Gasteiger partial charge in [-0.15, -0.1) is 0 Å². The molecule has 134 valence electrons. The lowest BCUT2D eigenvalue weighted by Crippen LogP contribution is -2.44. The van der Waals surface area contributed by atoms with Crippen molar-refractivity contribution in [3.8, 4) is 0 Å². The van der Waals surface area contributed by atoms with Crippen LogP contribution in [0.2, 0.25) is 0 Å². The first-order valence-corrected chi connectivity index (χ1v) is 7.57. The predicted molar refractivity (Wildman–Crippen MR) is 88.0 cm³/mol.